The molecule has 0 saturated carbocycles. The molecule has 2 aromatic rings. The largest absolute Gasteiger partial charge is 0.397 e. The lowest BCUT2D eigenvalue weighted by molar-refractivity contribution is 0.640. The van der Waals surface area contributed by atoms with Gasteiger partial charge in [0.25, 0.3) is 5.56 Å². The second-order valence-electron chi connectivity index (χ2n) is 3.70. The first kappa shape index (κ1) is 12.1. The summed E-state index contributed by atoms with van der Waals surface area (Å²) in [7, 11) is 0. The molecular weight excluding hydrogens is 252 g/mol. The summed E-state index contributed by atoms with van der Waals surface area (Å²) in [5.74, 6) is 0. The van der Waals surface area contributed by atoms with Crippen molar-refractivity contribution < 1.29 is 0 Å². The fourth-order valence-corrected chi connectivity index (χ4v) is 1.71. The quantitative estimate of drug-likeness (QED) is 0.884. The summed E-state index contributed by atoms with van der Waals surface area (Å²) in [6, 6.07) is 8.19. The summed E-state index contributed by atoms with van der Waals surface area (Å²) in [6.45, 7) is 0.240. The molecule has 0 radical (unpaired) electrons. The van der Waals surface area contributed by atoms with Crippen molar-refractivity contribution in [1.82, 2.24) is 9.78 Å². The maximum Gasteiger partial charge on any atom is 0.269 e. The molecule has 0 aliphatic heterocycles. The highest BCUT2D eigenvalue weighted by Gasteiger charge is 2.05. The number of aromatic nitrogens is 2. The van der Waals surface area contributed by atoms with E-state index in [4.69, 9.17) is 22.6 Å². The Balaban J connectivity index is 2.35. The minimum atomic E-state index is -0.296. The summed E-state index contributed by atoms with van der Waals surface area (Å²) in [6.07, 6.45) is 1.40. The van der Waals surface area contributed by atoms with E-state index >= 15 is 0 Å². The summed E-state index contributed by atoms with van der Waals surface area (Å²) in [5, 5.41) is 13.1. The first-order valence-corrected chi connectivity index (χ1v) is 5.49. The zero-order valence-electron chi connectivity index (χ0n) is 9.30. The van der Waals surface area contributed by atoms with Gasteiger partial charge in [-0.05, 0) is 17.7 Å². The third-order valence-electron chi connectivity index (χ3n) is 2.39. The van der Waals surface area contributed by atoms with E-state index in [-0.39, 0.29) is 12.1 Å². The molecule has 0 spiro atoms. The maximum absolute atomic E-state index is 11.6. The smallest absolute Gasteiger partial charge is 0.269 e. The van der Waals surface area contributed by atoms with Crippen LogP contribution in [0.2, 0.25) is 5.02 Å². The van der Waals surface area contributed by atoms with Gasteiger partial charge in [-0.1, -0.05) is 17.7 Å². The normalized spacial score (nSPS) is 10.0. The third kappa shape index (κ3) is 2.50. The molecule has 1 aromatic heterocycles. The van der Waals surface area contributed by atoms with Crippen LogP contribution >= 0.6 is 11.6 Å². The average Bonchev–Trinajstić information content (AvgIpc) is 2.34. The summed E-state index contributed by atoms with van der Waals surface area (Å²) in [4.78, 5) is 11.6. The van der Waals surface area contributed by atoms with Gasteiger partial charge in [-0.15, -0.1) is 0 Å². The van der Waals surface area contributed by atoms with Gasteiger partial charge in [-0.25, -0.2) is 4.68 Å². The lowest BCUT2D eigenvalue weighted by Gasteiger charge is -2.06. The van der Waals surface area contributed by atoms with E-state index in [1.54, 1.807) is 18.2 Å². The average molecular weight is 261 g/mol. The molecule has 2 N–H and O–H groups in total. The molecule has 1 aromatic carbocycles. The summed E-state index contributed by atoms with van der Waals surface area (Å²) >= 11 is 6.02. The molecule has 0 fully saturated rings. The zero-order chi connectivity index (χ0) is 13.1. The van der Waals surface area contributed by atoms with Crippen molar-refractivity contribution in [1.29, 1.82) is 5.26 Å². The minimum absolute atomic E-state index is 0.240. The van der Waals surface area contributed by atoms with Crippen molar-refractivity contribution in [3.63, 3.8) is 0 Å². The molecule has 5 nitrogen and oxygen atoms in total. The molecule has 0 saturated heterocycles. The highest BCUT2D eigenvalue weighted by molar-refractivity contribution is 6.31. The number of nitrogens with two attached hydrogens (primary N) is 1. The third-order valence-corrected chi connectivity index (χ3v) is 2.74. The summed E-state index contributed by atoms with van der Waals surface area (Å²) < 4.78 is 1.25. The molecule has 90 valence electrons. The van der Waals surface area contributed by atoms with Crippen LogP contribution in [-0.4, -0.2) is 9.78 Å². The van der Waals surface area contributed by atoms with E-state index in [9.17, 15) is 4.79 Å². The number of anilines is 1. The highest BCUT2D eigenvalue weighted by atomic mass is 35.5. The van der Waals surface area contributed by atoms with Crippen molar-refractivity contribution in [2.45, 2.75) is 6.54 Å². The molecule has 0 bridgehead atoms. The van der Waals surface area contributed by atoms with Crippen molar-refractivity contribution in [3.05, 3.63) is 57.0 Å². The van der Waals surface area contributed by atoms with Crippen LogP contribution in [0.4, 0.5) is 5.69 Å². The van der Waals surface area contributed by atoms with Gasteiger partial charge < -0.3 is 5.73 Å². The lowest BCUT2D eigenvalue weighted by Crippen LogP contribution is -2.23. The molecule has 1 heterocycles. The van der Waals surface area contributed by atoms with Crippen molar-refractivity contribution in [2.24, 2.45) is 0 Å². The van der Waals surface area contributed by atoms with Crippen LogP contribution in [0.25, 0.3) is 0 Å². The predicted molar refractivity (Wildman–Crippen MR) is 68.2 cm³/mol. The van der Waals surface area contributed by atoms with Crippen LogP contribution in [-0.2, 0) is 6.54 Å². The van der Waals surface area contributed by atoms with E-state index in [1.165, 1.54) is 16.9 Å². The van der Waals surface area contributed by atoms with Gasteiger partial charge in [0.1, 0.15) is 0 Å². The molecule has 0 aliphatic carbocycles. The first-order chi connectivity index (χ1) is 8.60. The van der Waals surface area contributed by atoms with E-state index in [0.29, 0.717) is 16.3 Å². The Morgan fingerprint density at radius 3 is 2.83 bits per heavy atom. The van der Waals surface area contributed by atoms with E-state index < -0.39 is 0 Å². The lowest BCUT2D eigenvalue weighted by atomic mass is 10.1. The number of halogens is 1. The number of nitriles is 1. The number of hydrogen-bond donors (Lipinski definition) is 1. The Bertz CT molecular complexity index is 687. The molecule has 2 rings (SSSR count). The van der Waals surface area contributed by atoms with Gasteiger partial charge in [-0.3, -0.25) is 4.79 Å². The number of benzene rings is 1. The number of rotatable bonds is 2. The Morgan fingerprint density at radius 1 is 1.44 bits per heavy atom. The van der Waals surface area contributed by atoms with Crippen molar-refractivity contribution in [2.75, 3.05) is 5.73 Å². The van der Waals surface area contributed by atoms with E-state index in [0.717, 1.165) is 5.56 Å². The van der Waals surface area contributed by atoms with Crippen LogP contribution in [0.15, 0.2) is 35.3 Å². The molecule has 18 heavy (non-hydrogen) atoms. The topological polar surface area (TPSA) is 84.7 Å². The standard InChI is InChI=1S/C12H9ClN4O/c13-11-3-8(5-14)1-2-9(11)7-17-12(18)4-10(15)6-16-17/h1-4,6H,7,15H2. The Labute approximate surface area is 108 Å². The fraction of sp³-hybridized carbons (Fsp3) is 0.0833. The highest BCUT2D eigenvalue weighted by Crippen LogP contribution is 2.18. The van der Waals surface area contributed by atoms with Gasteiger partial charge >= 0.3 is 0 Å². The van der Waals surface area contributed by atoms with Gasteiger partial charge in [0.05, 0.1) is 30.1 Å². The van der Waals surface area contributed by atoms with Crippen LogP contribution < -0.4 is 11.3 Å². The second-order valence-corrected chi connectivity index (χ2v) is 4.11. The van der Waals surface area contributed by atoms with E-state index in [2.05, 4.69) is 5.10 Å². The molecule has 0 atom stereocenters. The van der Waals surface area contributed by atoms with Gasteiger partial charge in [0, 0.05) is 11.1 Å². The van der Waals surface area contributed by atoms with Crippen LogP contribution in [0, 0.1) is 11.3 Å². The first-order valence-electron chi connectivity index (χ1n) is 5.11. The maximum atomic E-state index is 11.6. The Morgan fingerprint density at radius 2 is 2.22 bits per heavy atom. The number of nitrogens with zero attached hydrogens (tertiary/aromatic N) is 3. The van der Waals surface area contributed by atoms with Crippen LogP contribution in [0.3, 0.4) is 0 Å². The van der Waals surface area contributed by atoms with Gasteiger partial charge in [-0.2, -0.15) is 10.4 Å². The van der Waals surface area contributed by atoms with Crippen molar-refractivity contribution >= 4 is 17.3 Å². The monoisotopic (exact) mass is 260 g/mol. The Hall–Kier alpha value is -2.32. The number of hydrogen-bond acceptors (Lipinski definition) is 4. The molecule has 0 aliphatic rings. The van der Waals surface area contributed by atoms with Gasteiger partial charge in [0.2, 0.25) is 0 Å². The SMILES string of the molecule is N#Cc1ccc(Cn2ncc(N)cc2=O)c(Cl)c1. The van der Waals surface area contributed by atoms with Crippen LogP contribution in [0.1, 0.15) is 11.1 Å². The zero-order valence-corrected chi connectivity index (χ0v) is 10.1. The number of nitrogen functional groups attached to an aromatic ring is 1. The molecule has 0 amide bonds. The summed E-state index contributed by atoms with van der Waals surface area (Å²) in [5.41, 5.74) is 6.67. The molecule has 6 heteroatoms. The fourth-order valence-electron chi connectivity index (χ4n) is 1.47. The second kappa shape index (κ2) is 4.90. The van der Waals surface area contributed by atoms with E-state index in [1.807, 2.05) is 6.07 Å². The predicted octanol–water partition coefficient (Wildman–Crippen LogP) is 1.40. The minimum Gasteiger partial charge on any atom is -0.397 e. The molecule has 0 unspecified atom stereocenters. The van der Waals surface area contributed by atoms with Crippen LogP contribution in [0.5, 0.6) is 0 Å². The van der Waals surface area contributed by atoms with Crippen molar-refractivity contribution in [3.8, 4) is 6.07 Å². The Kier molecular flexibility index (Phi) is 3.31. The van der Waals surface area contributed by atoms with Gasteiger partial charge in [0.15, 0.2) is 0 Å². The molecular formula is C12H9ClN4O.